The molecule has 2 aromatic rings. The van der Waals surface area contributed by atoms with Crippen molar-refractivity contribution in [2.75, 3.05) is 14.2 Å². The van der Waals surface area contributed by atoms with Crippen LogP contribution in [0.25, 0.3) is 11.0 Å². The Hall–Kier alpha value is -2.50. The summed E-state index contributed by atoms with van der Waals surface area (Å²) < 4.78 is 20.5. The average molecular weight is 264 g/mol. The lowest BCUT2D eigenvalue weighted by Crippen LogP contribution is -2.06. The molecule has 0 atom stereocenters. The van der Waals surface area contributed by atoms with Crippen molar-refractivity contribution in [2.24, 2.45) is 0 Å². The van der Waals surface area contributed by atoms with Crippen LogP contribution in [0, 0.1) is 0 Å². The van der Waals surface area contributed by atoms with Crippen LogP contribution in [0.2, 0.25) is 0 Å². The van der Waals surface area contributed by atoms with E-state index in [-0.39, 0.29) is 17.1 Å². The van der Waals surface area contributed by atoms with Gasteiger partial charge in [-0.2, -0.15) is 0 Å². The fourth-order valence-electron chi connectivity index (χ4n) is 1.72. The lowest BCUT2D eigenvalue weighted by atomic mass is 10.2. The van der Waals surface area contributed by atoms with E-state index in [2.05, 4.69) is 0 Å². The second-order valence-corrected chi connectivity index (χ2v) is 3.71. The van der Waals surface area contributed by atoms with Gasteiger partial charge in [-0.25, -0.2) is 4.79 Å². The minimum Gasteiger partial charge on any atom is -0.493 e. The highest BCUT2D eigenvalue weighted by Gasteiger charge is 2.20. The molecule has 0 spiro atoms. The number of esters is 1. The first-order chi connectivity index (χ1) is 9.06. The number of ether oxygens (including phenoxy) is 3. The first-order valence-corrected chi connectivity index (χ1v) is 5.44. The number of carbonyl (C=O) groups is 1. The molecule has 19 heavy (non-hydrogen) atoms. The Morgan fingerprint density at radius 2 is 1.89 bits per heavy atom. The summed E-state index contributed by atoms with van der Waals surface area (Å²) in [5.41, 5.74) is -0.322. The summed E-state index contributed by atoms with van der Waals surface area (Å²) in [6.07, 6.45) is 0. The van der Waals surface area contributed by atoms with E-state index >= 15 is 0 Å². The summed E-state index contributed by atoms with van der Waals surface area (Å²) in [5.74, 6) is 0.00391. The number of rotatable bonds is 3. The van der Waals surface area contributed by atoms with Gasteiger partial charge >= 0.3 is 11.6 Å². The molecule has 0 aliphatic carbocycles. The molecular weight excluding hydrogens is 252 g/mol. The molecule has 0 aliphatic rings. The molecule has 0 saturated carbocycles. The topological polar surface area (TPSA) is 75.0 Å². The van der Waals surface area contributed by atoms with Crippen LogP contribution in [0.15, 0.2) is 27.4 Å². The Labute approximate surface area is 108 Å². The van der Waals surface area contributed by atoms with Crippen LogP contribution in [0.4, 0.5) is 0 Å². The number of fused-ring (bicyclic) bond motifs is 1. The van der Waals surface area contributed by atoms with Gasteiger partial charge in [0.05, 0.1) is 14.2 Å². The van der Waals surface area contributed by atoms with E-state index < -0.39 is 11.6 Å². The molecule has 1 heterocycles. The molecule has 0 fully saturated rings. The van der Waals surface area contributed by atoms with Crippen molar-refractivity contribution in [1.29, 1.82) is 0 Å². The van der Waals surface area contributed by atoms with E-state index in [1.807, 2.05) is 0 Å². The number of methoxy groups -OCH3 is 2. The Morgan fingerprint density at radius 1 is 1.16 bits per heavy atom. The third kappa shape index (κ3) is 2.37. The predicted octanol–water partition coefficient (Wildman–Crippen LogP) is 1.74. The molecule has 0 unspecified atom stereocenters. The van der Waals surface area contributed by atoms with Gasteiger partial charge in [-0.05, 0) is 12.1 Å². The molecule has 1 aromatic heterocycles. The standard InChI is InChI=1S/C13H12O6/c1-7(14)18-12-9(16-2)6-8-4-5-10(15)19-11(8)13(12)17-3/h4-6H,1-3H3. The van der Waals surface area contributed by atoms with Gasteiger partial charge in [-0.1, -0.05) is 0 Å². The summed E-state index contributed by atoms with van der Waals surface area (Å²) in [7, 11) is 2.82. The molecule has 2 rings (SSSR count). The lowest BCUT2D eigenvalue weighted by molar-refractivity contribution is -0.132. The van der Waals surface area contributed by atoms with E-state index in [0.717, 1.165) is 0 Å². The number of carbonyl (C=O) groups excluding carboxylic acids is 1. The van der Waals surface area contributed by atoms with Crippen LogP contribution in [0.1, 0.15) is 6.92 Å². The Bertz CT molecular complexity index is 685. The zero-order chi connectivity index (χ0) is 14.0. The zero-order valence-electron chi connectivity index (χ0n) is 10.7. The van der Waals surface area contributed by atoms with E-state index in [0.29, 0.717) is 11.1 Å². The maximum absolute atomic E-state index is 11.3. The molecule has 100 valence electrons. The summed E-state index contributed by atoms with van der Waals surface area (Å²) in [6.45, 7) is 1.25. The van der Waals surface area contributed by atoms with Crippen LogP contribution < -0.4 is 19.8 Å². The first kappa shape index (κ1) is 12.9. The third-order valence-corrected chi connectivity index (χ3v) is 2.46. The molecule has 0 radical (unpaired) electrons. The average Bonchev–Trinajstić information content (AvgIpc) is 2.37. The van der Waals surface area contributed by atoms with Crippen molar-refractivity contribution in [3.05, 3.63) is 28.6 Å². The van der Waals surface area contributed by atoms with E-state index in [4.69, 9.17) is 18.6 Å². The van der Waals surface area contributed by atoms with Gasteiger partial charge in [0, 0.05) is 18.4 Å². The Balaban J connectivity index is 2.82. The zero-order valence-corrected chi connectivity index (χ0v) is 10.7. The molecule has 0 saturated heterocycles. The van der Waals surface area contributed by atoms with Crippen LogP contribution >= 0.6 is 0 Å². The van der Waals surface area contributed by atoms with Crippen LogP contribution in [0.3, 0.4) is 0 Å². The predicted molar refractivity (Wildman–Crippen MR) is 66.9 cm³/mol. The van der Waals surface area contributed by atoms with Gasteiger partial charge in [0.25, 0.3) is 0 Å². The van der Waals surface area contributed by atoms with Crippen molar-refractivity contribution in [1.82, 2.24) is 0 Å². The van der Waals surface area contributed by atoms with Gasteiger partial charge in [0.15, 0.2) is 11.3 Å². The molecule has 0 aliphatic heterocycles. The third-order valence-electron chi connectivity index (χ3n) is 2.46. The van der Waals surface area contributed by atoms with Gasteiger partial charge in [0.1, 0.15) is 0 Å². The van der Waals surface area contributed by atoms with E-state index in [9.17, 15) is 9.59 Å². The highest BCUT2D eigenvalue weighted by molar-refractivity contribution is 5.89. The van der Waals surface area contributed by atoms with Gasteiger partial charge in [0.2, 0.25) is 11.5 Å². The van der Waals surface area contributed by atoms with Crippen LogP contribution in [-0.4, -0.2) is 20.2 Å². The first-order valence-electron chi connectivity index (χ1n) is 5.44. The van der Waals surface area contributed by atoms with Gasteiger partial charge < -0.3 is 18.6 Å². The van der Waals surface area contributed by atoms with Gasteiger partial charge in [-0.15, -0.1) is 0 Å². The Morgan fingerprint density at radius 3 is 2.47 bits per heavy atom. The summed E-state index contributed by atoms with van der Waals surface area (Å²) >= 11 is 0. The summed E-state index contributed by atoms with van der Waals surface area (Å²) in [6, 6.07) is 4.45. The minimum atomic E-state index is -0.533. The highest BCUT2D eigenvalue weighted by atomic mass is 16.6. The van der Waals surface area contributed by atoms with Crippen LogP contribution in [-0.2, 0) is 4.79 Å². The second kappa shape index (κ2) is 5.01. The smallest absolute Gasteiger partial charge is 0.336 e. The maximum Gasteiger partial charge on any atom is 0.336 e. The fraction of sp³-hybridized carbons (Fsp3) is 0.231. The van der Waals surface area contributed by atoms with Crippen molar-refractivity contribution in [2.45, 2.75) is 6.92 Å². The summed E-state index contributed by atoms with van der Waals surface area (Å²) in [5, 5.41) is 0.601. The number of hydrogen-bond acceptors (Lipinski definition) is 6. The minimum absolute atomic E-state index is 0.0827. The number of hydrogen-bond donors (Lipinski definition) is 0. The molecule has 1 aromatic carbocycles. The lowest BCUT2D eigenvalue weighted by Gasteiger charge is -2.13. The van der Waals surface area contributed by atoms with Gasteiger partial charge in [-0.3, -0.25) is 4.79 Å². The second-order valence-electron chi connectivity index (χ2n) is 3.71. The molecule has 6 heteroatoms. The van der Waals surface area contributed by atoms with Crippen molar-refractivity contribution < 1.29 is 23.4 Å². The highest BCUT2D eigenvalue weighted by Crippen LogP contribution is 2.43. The fourth-order valence-corrected chi connectivity index (χ4v) is 1.72. The molecule has 0 N–H and O–H groups in total. The molecular formula is C13H12O6. The SMILES string of the molecule is COc1cc2ccc(=O)oc2c(OC)c1OC(C)=O. The summed E-state index contributed by atoms with van der Waals surface area (Å²) in [4.78, 5) is 22.4. The molecule has 0 bridgehead atoms. The monoisotopic (exact) mass is 264 g/mol. The van der Waals surface area contributed by atoms with Crippen molar-refractivity contribution >= 4 is 16.9 Å². The Kier molecular flexibility index (Phi) is 3.41. The quantitative estimate of drug-likeness (QED) is 0.477. The number of benzene rings is 1. The van der Waals surface area contributed by atoms with E-state index in [1.165, 1.54) is 27.2 Å². The largest absolute Gasteiger partial charge is 0.493 e. The normalized spacial score (nSPS) is 10.3. The molecule has 6 nitrogen and oxygen atoms in total. The van der Waals surface area contributed by atoms with Crippen LogP contribution in [0.5, 0.6) is 17.2 Å². The van der Waals surface area contributed by atoms with E-state index in [1.54, 1.807) is 12.1 Å². The van der Waals surface area contributed by atoms with Crippen molar-refractivity contribution in [3.63, 3.8) is 0 Å². The molecule has 0 amide bonds. The maximum atomic E-state index is 11.3. The van der Waals surface area contributed by atoms with Crippen molar-refractivity contribution in [3.8, 4) is 17.2 Å².